The van der Waals surface area contributed by atoms with Crippen molar-refractivity contribution in [2.45, 2.75) is 25.6 Å². The number of hydrogen-bond acceptors (Lipinski definition) is 3. The normalized spacial score (nSPS) is 16.7. The predicted molar refractivity (Wildman–Crippen MR) is 74.8 cm³/mol. The standard InChI is InChI=1S/C13H13F3N2O2S/c14-13(15,16)20-9-4-2-8(3-5-9)18-11(19)12(10(17)21)6-1-7-12/h2-5H,1,6-7H2,(H2,17,21)(H,18,19). The molecular weight excluding hydrogens is 305 g/mol. The number of ether oxygens (including phenoxy) is 1. The van der Waals surface area contributed by atoms with Gasteiger partial charge in [0.25, 0.3) is 0 Å². The van der Waals surface area contributed by atoms with E-state index in [1.165, 1.54) is 12.1 Å². The molecule has 0 unspecified atom stereocenters. The largest absolute Gasteiger partial charge is 0.573 e. The highest BCUT2D eigenvalue weighted by Gasteiger charge is 2.46. The second-order valence-electron chi connectivity index (χ2n) is 4.83. The molecule has 0 saturated heterocycles. The summed E-state index contributed by atoms with van der Waals surface area (Å²) in [7, 11) is 0. The van der Waals surface area contributed by atoms with Crippen molar-refractivity contribution in [1.82, 2.24) is 0 Å². The van der Waals surface area contributed by atoms with Gasteiger partial charge in [0, 0.05) is 5.69 Å². The maximum Gasteiger partial charge on any atom is 0.573 e. The number of carbonyl (C=O) groups excluding carboxylic acids is 1. The number of thiocarbonyl (C=S) groups is 1. The molecule has 1 saturated carbocycles. The molecule has 1 fully saturated rings. The van der Waals surface area contributed by atoms with E-state index in [0.717, 1.165) is 18.6 Å². The van der Waals surface area contributed by atoms with Crippen molar-refractivity contribution >= 4 is 28.8 Å². The van der Waals surface area contributed by atoms with E-state index in [1.54, 1.807) is 0 Å². The fourth-order valence-electron chi connectivity index (χ4n) is 2.11. The first-order valence-corrected chi connectivity index (χ1v) is 6.61. The summed E-state index contributed by atoms with van der Waals surface area (Å²) in [6, 6.07) is 4.89. The highest BCUT2D eigenvalue weighted by atomic mass is 32.1. The van der Waals surface area contributed by atoms with Crippen molar-refractivity contribution in [3.8, 4) is 5.75 Å². The third kappa shape index (κ3) is 3.44. The number of benzene rings is 1. The molecule has 3 N–H and O–H groups in total. The first-order valence-electron chi connectivity index (χ1n) is 6.20. The minimum Gasteiger partial charge on any atom is -0.406 e. The number of alkyl halides is 3. The lowest BCUT2D eigenvalue weighted by Crippen LogP contribution is -2.50. The molecule has 1 aliphatic rings. The summed E-state index contributed by atoms with van der Waals surface area (Å²) >= 11 is 4.93. The maximum absolute atomic E-state index is 12.2. The van der Waals surface area contributed by atoms with Gasteiger partial charge in [0.15, 0.2) is 0 Å². The monoisotopic (exact) mass is 318 g/mol. The molecule has 114 valence electrons. The highest BCUT2D eigenvalue weighted by Crippen LogP contribution is 2.42. The van der Waals surface area contributed by atoms with Crippen LogP contribution < -0.4 is 15.8 Å². The maximum atomic E-state index is 12.2. The Labute approximate surface area is 124 Å². The number of halogens is 3. The fourth-order valence-corrected chi connectivity index (χ4v) is 2.40. The van der Waals surface area contributed by atoms with E-state index in [0.29, 0.717) is 18.5 Å². The number of anilines is 1. The predicted octanol–water partition coefficient (Wildman–Crippen LogP) is 2.98. The van der Waals surface area contributed by atoms with Crippen LogP contribution in [-0.4, -0.2) is 17.3 Å². The van der Waals surface area contributed by atoms with Crippen LogP contribution in [0, 0.1) is 5.41 Å². The zero-order valence-corrected chi connectivity index (χ0v) is 11.7. The van der Waals surface area contributed by atoms with Crippen LogP contribution in [0.4, 0.5) is 18.9 Å². The molecule has 1 amide bonds. The highest BCUT2D eigenvalue weighted by molar-refractivity contribution is 7.80. The van der Waals surface area contributed by atoms with Gasteiger partial charge in [0.1, 0.15) is 5.75 Å². The number of rotatable bonds is 4. The molecule has 0 aliphatic heterocycles. The lowest BCUT2D eigenvalue weighted by molar-refractivity contribution is -0.274. The second kappa shape index (κ2) is 5.51. The Balaban J connectivity index is 2.03. The van der Waals surface area contributed by atoms with E-state index in [2.05, 4.69) is 10.1 Å². The quantitative estimate of drug-likeness (QED) is 0.838. The van der Waals surface area contributed by atoms with Crippen molar-refractivity contribution in [3.05, 3.63) is 24.3 Å². The van der Waals surface area contributed by atoms with Gasteiger partial charge in [-0.15, -0.1) is 13.2 Å². The molecule has 0 atom stereocenters. The van der Waals surface area contributed by atoms with Gasteiger partial charge in [-0.3, -0.25) is 4.79 Å². The van der Waals surface area contributed by atoms with Gasteiger partial charge in [0.05, 0.1) is 10.4 Å². The summed E-state index contributed by atoms with van der Waals surface area (Å²) in [5.41, 5.74) is 5.13. The lowest BCUT2D eigenvalue weighted by atomic mass is 9.68. The summed E-state index contributed by atoms with van der Waals surface area (Å²) in [6.45, 7) is 0. The number of hydrogen-bond donors (Lipinski definition) is 2. The number of amides is 1. The molecule has 4 nitrogen and oxygen atoms in total. The van der Waals surface area contributed by atoms with E-state index in [9.17, 15) is 18.0 Å². The first kappa shape index (κ1) is 15.6. The van der Waals surface area contributed by atoms with Gasteiger partial charge in [-0.1, -0.05) is 18.6 Å². The SMILES string of the molecule is NC(=S)C1(C(=O)Nc2ccc(OC(F)(F)F)cc2)CCC1. The van der Waals surface area contributed by atoms with E-state index in [1.807, 2.05) is 0 Å². The van der Waals surface area contributed by atoms with Gasteiger partial charge in [-0.05, 0) is 37.1 Å². The fraction of sp³-hybridized carbons (Fsp3) is 0.385. The molecule has 0 aromatic heterocycles. The van der Waals surface area contributed by atoms with Gasteiger partial charge in [-0.2, -0.15) is 0 Å². The number of nitrogens with one attached hydrogen (secondary N) is 1. The third-order valence-corrected chi connectivity index (χ3v) is 3.85. The molecule has 0 bridgehead atoms. The van der Waals surface area contributed by atoms with Crippen molar-refractivity contribution in [3.63, 3.8) is 0 Å². The molecule has 0 heterocycles. The Hall–Kier alpha value is -1.83. The average Bonchev–Trinajstić information content (AvgIpc) is 2.27. The summed E-state index contributed by atoms with van der Waals surface area (Å²) < 4.78 is 39.8. The topological polar surface area (TPSA) is 64.4 Å². The van der Waals surface area contributed by atoms with Crippen molar-refractivity contribution in [2.24, 2.45) is 11.1 Å². The van der Waals surface area contributed by atoms with Gasteiger partial charge in [-0.25, -0.2) is 0 Å². The Morgan fingerprint density at radius 1 is 1.29 bits per heavy atom. The molecule has 1 aliphatic carbocycles. The summed E-state index contributed by atoms with van der Waals surface area (Å²) in [5, 5.41) is 2.61. The van der Waals surface area contributed by atoms with Crippen LogP contribution in [0.15, 0.2) is 24.3 Å². The first-order chi connectivity index (χ1) is 9.73. The van der Waals surface area contributed by atoms with Crippen molar-refractivity contribution < 1.29 is 22.7 Å². The van der Waals surface area contributed by atoms with Gasteiger partial charge < -0.3 is 15.8 Å². The zero-order chi connectivity index (χ0) is 15.7. The van der Waals surface area contributed by atoms with Crippen LogP contribution in [0.2, 0.25) is 0 Å². The summed E-state index contributed by atoms with van der Waals surface area (Å²) in [6.07, 6.45) is -2.71. The minimum absolute atomic E-state index is 0.142. The smallest absolute Gasteiger partial charge is 0.406 e. The Kier molecular flexibility index (Phi) is 4.08. The number of nitrogens with two attached hydrogens (primary N) is 1. The molecule has 21 heavy (non-hydrogen) atoms. The van der Waals surface area contributed by atoms with E-state index >= 15 is 0 Å². The molecule has 1 aromatic rings. The van der Waals surface area contributed by atoms with Gasteiger partial charge in [0.2, 0.25) is 5.91 Å². The van der Waals surface area contributed by atoms with E-state index < -0.39 is 11.8 Å². The van der Waals surface area contributed by atoms with Crippen LogP contribution in [0.5, 0.6) is 5.75 Å². The lowest BCUT2D eigenvalue weighted by Gasteiger charge is -2.39. The third-order valence-electron chi connectivity index (χ3n) is 3.46. The van der Waals surface area contributed by atoms with E-state index in [4.69, 9.17) is 18.0 Å². The number of carbonyl (C=O) groups is 1. The zero-order valence-electron chi connectivity index (χ0n) is 10.9. The van der Waals surface area contributed by atoms with Crippen molar-refractivity contribution in [2.75, 3.05) is 5.32 Å². The van der Waals surface area contributed by atoms with Crippen LogP contribution in [0.3, 0.4) is 0 Å². The molecule has 2 rings (SSSR count). The van der Waals surface area contributed by atoms with Crippen LogP contribution >= 0.6 is 12.2 Å². The minimum atomic E-state index is -4.74. The average molecular weight is 318 g/mol. The molecule has 1 aromatic carbocycles. The summed E-state index contributed by atoms with van der Waals surface area (Å²) in [5.74, 6) is -0.682. The van der Waals surface area contributed by atoms with Crippen LogP contribution in [0.25, 0.3) is 0 Å². The Bertz CT molecular complexity index is 554. The second-order valence-corrected chi connectivity index (χ2v) is 5.27. The molecule has 0 spiro atoms. The van der Waals surface area contributed by atoms with Crippen LogP contribution in [0.1, 0.15) is 19.3 Å². The van der Waals surface area contributed by atoms with Crippen LogP contribution in [-0.2, 0) is 4.79 Å². The van der Waals surface area contributed by atoms with Crippen molar-refractivity contribution in [1.29, 1.82) is 0 Å². The molecular formula is C13H13F3N2O2S. The van der Waals surface area contributed by atoms with E-state index in [-0.39, 0.29) is 16.6 Å². The summed E-state index contributed by atoms with van der Waals surface area (Å²) in [4.78, 5) is 12.3. The molecule has 8 heteroatoms. The Morgan fingerprint density at radius 2 is 1.86 bits per heavy atom. The van der Waals surface area contributed by atoms with Gasteiger partial charge >= 0.3 is 6.36 Å². The Morgan fingerprint density at radius 3 is 2.24 bits per heavy atom. The molecule has 0 radical (unpaired) electrons.